The van der Waals surface area contributed by atoms with Crippen molar-refractivity contribution in [3.05, 3.63) is 63.0 Å². The van der Waals surface area contributed by atoms with E-state index < -0.39 is 0 Å². The van der Waals surface area contributed by atoms with Crippen molar-refractivity contribution in [2.75, 3.05) is 13.1 Å². The Kier molecular flexibility index (Phi) is 4.34. The SMILES string of the molecule is Cc1nnc2n1-c1sc(C3CCNCC3)cc1C(c1ccccc1Cl)=NC2. The molecule has 0 aliphatic carbocycles. The van der Waals surface area contributed by atoms with Crippen molar-refractivity contribution in [1.29, 1.82) is 0 Å². The van der Waals surface area contributed by atoms with Crippen LogP contribution >= 0.6 is 22.9 Å². The first-order valence-corrected chi connectivity index (χ1v) is 10.5. The summed E-state index contributed by atoms with van der Waals surface area (Å²) in [4.78, 5) is 6.33. The third-order valence-corrected chi connectivity index (χ3v) is 6.94. The smallest absolute Gasteiger partial charge is 0.160 e. The molecule has 0 atom stereocenters. The van der Waals surface area contributed by atoms with Crippen LogP contribution in [0.2, 0.25) is 5.02 Å². The van der Waals surface area contributed by atoms with Gasteiger partial charge in [0.05, 0.1) is 5.71 Å². The number of nitrogens with zero attached hydrogens (tertiary/aromatic N) is 4. The summed E-state index contributed by atoms with van der Waals surface area (Å²) in [6, 6.07) is 10.3. The molecule has 5 nitrogen and oxygen atoms in total. The molecule has 3 aromatic rings. The Balaban J connectivity index is 1.70. The predicted molar refractivity (Wildman–Crippen MR) is 110 cm³/mol. The number of rotatable bonds is 2. The standard InChI is InChI=1S/C20H20ClN5S/c1-12-24-25-18-11-23-19(14-4-2-3-5-16(14)21)15-10-17(27-20(15)26(12)18)13-6-8-22-9-7-13/h2-5,10,13,22H,6-9,11H2,1H3. The van der Waals surface area contributed by atoms with Crippen molar-refractivity contribution in [2.24, 2.45) is 4.99 Å². The molecular formula is C20H20ClN5S. The molecule has 1 N–H and O–H groups in total. The molecule has 2 aliphatic rings. The number of fused-ring (bicyclic) bond motifs is 3. The number of nitrogens with one attached hydrogen (secondary N) is 1. The van der Waals surface area contributed by atoms with Crippen molar-refractivity contribution in [3.63, 3.8) is 0 Å². The molecule has 138 valence electrons. The Labute approximate surface area is 167 Å². The van der Waals surface area contributed by atoms with E-state index in [4.69, 9.17) is 16.6 Å². The summed E-state index contributed by atoms with van der Waals surface area (Å²) in [5.74, 6) is 2.38. The minimum atomic E-state index is 0.505. The topological polar surface area (TPSA) is 55.1 Å². The summed E-state index contributed by atoms with van der Waals surface area (Å²) >= 11 is 8.38. The van der Waals surface area contributed by atoms with Gasteiger partial charge in [-0.05, 0) is 50.9 Å². The van der Waals surface area contributed by atoms with Gasteiger partial charge in [0.15, 0.2) is 5.82 Å². The van der Waals surface area contributed by atoms with Gasteiger partial charge in [0.25, 0.3) is 0 Å². The second-order valence-corrected chi connectivity index (χ2v) is 8.50. The number of halogens is 1. The molecule has 0 spiro atoms. The van der Waals surface area contributed by atoms with Crippen LogP contribution in [-0.2, 0) is 6.54 Å². The van der Waals surface area contributed by atoms with Gasteiger partial charge in [-0.25, -0.2) is 0 Å². The second-order valence-electron chi connectivity index (χ2n) is 7.04. The number of aliphatic imine (C=N–C) groups is 1. The zero-order valence-electron chi connectivity index (χ0n) is 15.1. The number of hydrogen-bond donors (Lipinski definition) is 1. The van der Waals surface area contributed by atoms with E-state index in [0.717, 1.165) is 51.6 Å². The number of hydrogen-bond acceptors (Lipinski definition) is 5. The fourth-order valence-corrected chi connectivity index (χ4v) is 5.56. The van der Waals surface area contributed by atoms with Crippen molar-refractivity contribution < 1.29 is 0 Å². The lowest BCUT2D eigenvalue weighted by Gasteiger charge is -2.21. The zero-order valence-corrected chi connectivity index (χ0v) is 16.6. The second kappa shape index (κ2) is 6.86. The third kappa shape index (κ3) is 2.92. The first-order chi connectivity index (χ1) is 13.2. The third-order valence-electron chi connectivity index (χ3n) is 5.33. The molecule has 0 bridgehead atoms. The molecule has 5 rings (SSSR count). The van der Waals surface area contributed by atoms with Gasteiger partial charge in [0.2, 0.25) is 0 Å². The Bertz CT molecular complexity index is 1030. The first kappa shape index (κ1) is 17.1. The van der Waals surface area contributed by atoms with Crippen LogP contribution < -0.4 is 5.32 Å². The number of aryl methyl sites for hydroxylation is 1. The lowest BCUT2D eigenvalue weighted by molar-refractivity contribution is 0.465. The highest BCUT2D eigenvalue weighted by molar-refractivity contribution is 7.15. The lowest BCUT2D eigenvalue weighted by Crippen LogP contribution is -2.26. The highest BCUT2D eigenvalue weighted by atomic mass is 35.5. The van der Waals surface area contributed by atoms with E-state index in [9.17, 15) is 0 Å². The summed E-state index contributed by atoms with van der Waals surface area (Å²) in [5.41, 5.74) is 3.08. The van der Waals surface area contributed by atoms with Gasteiger partial charge in [-0.1, -0.05) is 29.8 Å². The van der Waals surface area contributed by atoms with Crippen molar-refractivity contribution in [3.8, 4) is 5.00 Å². The van der Waals surface area contributed by atoms with Crippen LogP contribution in [-0.4, -0.2) is 33.6 Å². The Hall–Kier alpha value is -2.02. The van der Waals surface area contributed by atoms with Crippen LogP contribution in [0.1, 0.15) is 46.4 Å². The maximum absolute atomic E-state index is 6.53. The summed E-state index contributed by atoms with van der Waals surface area (Å²) in [6.45, 7) is 4.67. The van der Waals surface area contributed by atoms with Gasteiger partial charge in [0, 0.05) is 21.0 Å². The van der Waals surface area contributed by atoms with Crippen molar-refractivity contribution in [1.82, 2.24) is 20.1 Å². The summed E-state index contributed by atoms with van der Waals surface area (Å²) in [7, 11) is 0. The number of piperidine rings is 1. The average molecular weight is 398 g/mol. The number of aromatic nitrogens is 3. The van der Waals surface area contributed by atoms with E-state index in [1.807, 2.05) is 42.5 Å². The monoisotopic (exact) mass is 397 g/mol. The lowest BCUT2D eigenvalue weighted by atomic mass is 9.95. The normalized spacial score (nSPS) is 17.2. The molecule has 1 fully saturated rings. The van der Waals surface area contributed by atoms with Crippen molar-refractivity contribution in [2.45, 2.75) is 32.2 Å². The number of benzene rings is 1. The Morgan fingerprint density at radius 2 is 1.96 bits per heavy atom. The molecule has 0 saturated carbocycles. The van der Waals surface area contributed by atoms with Crippen molar-refractivity contribution >= 4 is 28.6 Å². The van der Waals surface area contributed by atoms with Gasteiger partial charge in [-0.2, -0.15) is 0 Å². The molecule has 27 heavy (non-hydrogen) atoms. The quantitative estimate of drug-likeness (QED) is 0.708. The van der Waals surface area contributed by atoms with E-state index in [0.29, 0.717) is 12.5 Å². The average Bonchev–Trinajstić information content (AvgIpc) is 3.24. The zero-order chi connectivity index (χ0) is 18.4. The molecule has 2 aromatic heterocycles. The molecular weight excluding hydrogens is 378 g/mol. The molecule has 1 saturated heterocycles. The van der Waals surface area contributed by atoms with Gasteiger partial charge in [-0.3, -0.25) is 9.56 Å². The summed E-state index contributed by atoms with van der Waals surface area (Å²) in [5, 5.41) is 14.0. The molecule has 2 aliphatic heterocycles. The van der Waals surface area contributed by atoms with E-state index in [1.54, 1.807) is 0 Å². The van der Waals surface area contributed by atoms with Crippen LogP contribution in [0.25, 0.3) is 5.00 Å². The largest absolute Gasteiger partial charge is 0.317 e. The van der Waals surface area contributed by atoms with E-state index in [1.165, 1.54) is 17.7 Å². The molecule has 0 radical (unpaired) electrons. The van der Waals surface area contributed by atoms with Gasteiger partial charge in [-0.15, -0.1) is 21.5 Å². The summed E-state index contributed by atoms with van der Waals surface area (Å²) in [6.07, 6.45) is 2.35. The molecule has 0 amide bonds. The minimum Gasteiger partial charge on any atom is -0.317 e. The Morgan fingerprint density at radius 3 is 2.78 bits per heavy atom. The highest BCUT2D eigenvalue weighted by Crippen LogP contribution is 2.39. The van der Waals surface area contributed by atoms with Gasteiger partial charge >= 0.3 is 0 Å². The van der Waals surface area contributed by atoms with E-state index in [-0.39, 0.29) is 0 Å². The summed E-state index contributed by atoms with van der Waals surface area (Å²) < 4.78 is 2.16. The first-order valence-electron chi connectivity index (χ1n) is 9.28. The van der Waals surface area contributed by atoms with Crippen LogP contribution in [0.3, 0.4) is 0 Å². The Morgan fingerprint density at radius 1 is 1.15 bits per heavy atom. The molecule has 1 aromatic carbocycles. The number of thiophene rings is 1. The van der Waals surface area contributed by atoms with Gasteiger partial charge < -0.3 is 5.32 Å². The fourth-order valence-electron chi connectivity index (χ4n) is 3.93. The van der Waals surface area contributed by atoms with E-state index in [2.05, 4.69) is 26.1 Å². The van der Waals surface area contributed by atoms with Crippen LogP contribution in [0, 0.1) is 6.92 Å². The fraction of sp³-hybridized carbons (Fsp3) is 0.350. The molecule has 7 heteroatoms. The maximum atomic E-state index is 6.53. The van der Waals surface area contributed by atoms with Gasteiger partial charge in [0.1, 0.15) is 17.4 Å². The maximum Gasteiger partial charge on any atom is 0.160 e. The molecule has 4 heterocycles. The van der Waals surface area contributed by atoms with E-state index >= 15 is 0 Å². The predicted octanol–water partition coefficient (Wildman–Crippen LogP) is 4.11. The minimum absolute atomic E-state index is 0.505. The van der Waals surface area contributed by atoms with Crippen LogP contribution in [0.5, 0.6) is 0 Å². The molecule has 0 unspecified atom stereocenters. The highest BCUT2D eigenvalue weighted by Gasteiger charge is 2.27. The van der Waals surface area contributed by atoms with Crippen LogP contribution in [0.15, 0.2) is 35.3 Å². The van der Waals surface area contributed by atoms with Crippen LogP contribution in [0.4, 0.5) is 0 Å².